The molecular weight excluding hydrogens is 394 g/mol. The first kappa shape index (κ1) is 21.7. The van der Waals surface area contributed by atoms with Gasteiger partial charge in [-0.05, 0) is 66.0 Å². The minimum atomic E-state index is -0.321. The number of aliphatic hydroxyl groups is 1. The van der Waals surface area contributed by atoms with Crippen molar-refractivity contribution in [3.8, 4) is 0 Å². The fourth-order valence-corrected chi connectivity index (χ4v) is 5.60. The lowest BCUT2D eigenvalue weighted by atomic mass is 9.92. The van der Waals surface area contributed by atoms with E-state index >= 15 is 0 Å². The van der Waals surface area contributed by atoms with Crippen molar-refractivity contribution in [2.75, 3.05) is 44.7 Å². The number of β-amino-alcohol motifs (C(OH)–C–C–N with tert-alkyl or cyclic N) is 1. The molecule has 1 atom stereocenters. The molecule has 2 heterocycles. The zero-order chi connectivity index (χ0) is 21.9. The molecule has 4 nitrogen and oxygen atoms in total. The number of hydrogen-bond acceptors (Lipinski definition) is 4. The molecule has 0 saturated heterocycles. The molecular formula is C28H37N3O. The van der Waals surface area contributed by atoms with Crippen molar-refractivity contribution in [1.82, 2.24) is 9.80 Å². The number of anilines is 1. The number of fused-ring (bicyclic) bond motifs is 2. The van der Waals surface area contributed by atoms with Crippen LogP contribution in [0.3, 0.4) is 0 Å². The Kier molecular flexibility index (Phi) is 6.63. The van der Waals surface area contributed by atoms with Crippen LogP contribution < -0.4 is 4.90 Å². The maximum atomic E-state index is 10.9. The molecule has 0 saturated carbocycles. The maximum absolute atomic E-state index is 10.9. The van der Waals surface area contributed by atoms with Gasteiger partial charge < -0.3 is 10.0 Å². The highest BCUT2D eigenvalue weighted by atomic mass is 16.3. The van der Waals surface area contributed by atoms with Crippen molar-refractivity contribution in [3.05, 3.63) is 70.8 Å². The number of hydrogen-bond donors (Lipinski definition) is 1. The fourth-order valence-electron chi connectivity index (χ4n) is 5.60. The van der Waals surface area contributed by atoms with Crippen molar-refractivity contribution in [2.45, 2.75) is 51.3 Å². The number of benzene rings is 2. The SMILES string of the molecule is CN1CCN(C[C@H](O)CN2CCc3ccccc3C2)Cc2ccc(C3=CCCCC3)cc21. The second kappa shape index (κ2) is 9.78. The van der Waals surface area contributed by atoms with E-state index in [0.29, 0.717) is 0 Å². The molecule has 0 aromatic heterocycles. The summed E-state index contributed by atoms with van der Waals surface area (Å²) in [6, 6.07) is 15.8. The molecule has 0 radical (unpaired) electrons. The average Bonchev–Trinajstić information content (AvgIpc) is 2.97. The summed E-state index contributed by atoms with van der Waals surface area (Å²) in [7, 11) is 2.21. The molecule has 0 spiro atoms. The number of aliphatic hydroxyl groups excluding tert-OH is 1. The summed E-state index contributed by atoms with van der Waals surface area (Å²) >= 11 is 0. The van der Waals surface area contributed by atoms with Crippen molar-refractivity contribution in [2.24, 2.45) is 0 Å². The number of rotatable bonds is 5. The number of nitrogens with zero attached hydrogens (tertiary/aromatic N) is 3. The zero-order valence-corrected chi connectivity index (χ0v) is 19.5. The Morgan fingerprint density at radius 3 is 2.44 bits per heavy atom. The third kappa shape index (κ3) is 4.93. The monoisotopic (exact) mass is 431 g/mol. The van der Waals surface area contributed by atoms with Crippen molar-refractivity contribution in [3.63, 3.8) is 0 Å². The minimum absolute atomic E-state index is 0.321. The van der Waals surface area contributed by atoms with E-state index in [1.165, 1.54) is 59.2 Å². The number of allylic oxidation sites excluding steroid dienone is 2. The Balaban J connectivity index is 1.22. The summed E-state index contributed by atoms with van der Waals surface area (Å²) in [5.41, 5.74) is 8.54. The van der Waals surface area contributed by atoms with Gasteiger partial charge in [-0.2, -0.15) is 0 Å². The molecule has 0 unspecified atom stereocenters. The summed E-state index contributed by atoms with van der Waals surface area (Å²) in [6.45, 7) is 6.38. The van der Waals surface area contributed by atoms with Gasteiger partial charge >= 0.3 is 0 Å². The Hall–Kier alpha value is -2.14. The summed E-state index contributed by atoms with van der Waals surface area (Å²) in [5, 5.41) is 10.9. The second-order valence-electron chi connectivity index (χ2n) is 9.88. The zero-order valence-electron chi connectivity index (χ0n) is 19.5. The molecule has 32 heavy (non-hydrogen) atoms. The standard InChI is InChI=1S/C28H37N3O/c1-29-15-16-31(19-26-12-11-24(17-28(26)29)22-7-3-2-4-8-22)21-27(32)20-30-14-13-23-9-5-6-10-25(23)18-30/h5-7,9-12,17,27,32H,2-4,8,13-16,18-21H2,1H3/t27-/m1/s1. The maximum Gasteiger partial charge on any atom is 0.0794 e. The van der Waals surface area contributed by atoms with Crippen LogP contribution in [0.25, 0.3) is 5.57 Å². The minimum Gasteiger partial charge on any atom is -0.390 e. The van der Waals surface area contributed by atoms with Crippen LogP contribution in [-0.2, 0) is 19.5 Å². The van der Waals surface area contributed by atoms with Crippen LogP contribution in [-0.4, -0.2) is 60.8 Å². The lowest BCUT2D eigenvalue weighted by Crippen LogP contribution is -2.42. The molecule has 0 amide bonds. The summed E-state index contributed by atoms with van der Waals surface area (Å²) in [5.74, 6) is 0. The van der Waals surface area contributed by atoms with Crippen LogP contribution in [0.2, 0.25) is 0 Å². The van der Waals surface area contributed by atoms with Gasteiger partial charge in [0.05, 0.1) is 6.10 Å². The predicted molar refractivity (Wildman–Crippen MR) is 133 cm³/mol. The lowest BCUT2D eigenvalue weighted by Gasteiger charge is -2.32. The van der Waals surface area contributed by atoms with Crippen LogP contribution in [0.5, 0.6) is 0 Å². The summed E-state index contributed by atoms with van der Waals surface area (Å²) in [6.07, 6.45) is 8.27. The van der Waals surface area contributed by atoms with Crippen LogP contribution in [0.1, 0.15) is 47.9 Å². The van der Waals surface area contributed by atoms with Gasteiger partial charge in [-0.1, -0.05) is 42.5 Å². The van der Waals surface area contributed by atoms with Crippen LogP contribution in [0.15, 0.2) is 48.5 Å². The molecule has 2 aromatic carbocycles. The van der Waals surface area contributed by atoms with Crippen molar-refractivity contribution in [1.29, 1.82) is 0 Å². The third-order valence-electron chi connectivity index (χ3n) is 7.45. The number of likely N-dealkylation sites (N-methyl/N-ethyl adjacent to an activating group) is 1. The van der Waals surface area contributed by atoms with Gasteiger partial charge in [0, 0.05) is 58.5 Å². The third-order valence-corrected chi connectivity index (χ3v) is 7.45. The van der Waals surface area contributed by atoms with E-state index < -0.39 is 0 Å². The van der Waals surface area contributed by atoms with E-state index in [4.69, 9.17) is 0 Å². The predicted octanol–water partition coefficient (Wildman–Crippen LogP) is 4.32. The molecule has 0 fully saturated rings. The molecule has 1 aliphatic carbocycles. The average molecular weight is 432 g/mol. The highest BCUT2D eigenvalue weighted by molar-refractivity contribution is 5.71. The van der Waals surface area contributed by atoms with Gasteiger partial charge in [-0.25, -0.2) is 0 Å². The fraction of sp³-hybridized carbons (Fsp3) is 0.500. The van der Waals surface area contributed by atoms with Gasteiger partial charge in [0.1, 0.15) is 0 Å². The van der Waals surface area contributed by atoms with Crippen molar-refractivity contribution < 1.29 is 5.11 Å². The highest BCUT2D eigenvalue weighted by Crippen LogP contribution is 2.32. The first-order valence-electron chi connectivity index (χ1n) is 12.4. The molecule has 5 rings (SSSR count). The molecule has 2 aromatic rings. The quantitative estimate of drug-likeness (QED) is 0.764. The second-order valence-corrected chi connectivity index (χ2v) is 9.88. The Morgan fingerprint density at radius 2 is 1.62 bits per heavy atom. The first-order valence-corrected chi connectivity index (χ1v) is 12.4. The van der Waals surface area contributed by atoms with E-state index in [0.717, 1.165) is 52.2 Å². The normalized spacial score (nSPS) is 20.8. The Bertz CT molecular complexity index is 969. The van der Waals surface area contributed by atoms with E-state index in [-0.39, 0.29) is 6.10 Å². The molecule has 1 N–H and O–H groups in total. The van der Waals surface area contributed by atoms with Gasteiger partial charge in [0.2, 0.25) is 0 Å². The van der Waals surface area contributed by atoms with Gasteiger partial charge in [0.15, 0.2) is 0 Å². The van der Waals surface area contributed by atoms with Crippen LogP contribution >= 0.6 is 0 Å². The molecule has 170 valence electrons. The van der Waals surface area contributed by atoms with Crippen LogP contribution in [0.4, 0.5) is 5.69 Å². The Labute approximate surface area is 193 Å². The lowest BCUT2D eigenvalue weighted by molar-refractivity contribution is 0.0682. The van der Waals surface area contributed by atoms with Crippen LogP contribution in [0, 0.1) is 0 Å². The summed E-state index contributed by atoms with van der Waals surface area (Å²) in [4.78, 5) is 7.25. The first-order chi connectivity index (χ1) is 15.7. The van der Waals surface area contributed by atoms with E-state index in [1.54, 1.807) is 0 Å². The van der Waals surface area contributed by atoms with Crippen molar-refractivity contribution >= 4 is 11.3 Å². The molecule has 4 heteroatoms. The van der Waals surface area contributed by atoms with E-state index in [9.17, 15) is 5.11 Å². The molecule has 2 aliphatic heterocycles. The van der Waals surface area contributed by atoms with Gasteiger partial charge in [-0.15, -0.1) is 0 Å². The molecule has 0 bridgehead atoms. The topological polar surface area (TPSA) is 30.0 Å². The summed E-state index contributed by atoms with van der Waals surface area (Å²) < 4.78 is 0. The smallest absolute Gasteiger partial charge is 0.0794 e. The van der Waals surface area contributed by atoms with E-state index in [2.05, 4.69) is 70.3 Å². The highest BCUT2D eigenvalue weighted by Gasteiger charge is 2.23. The van der Waals surface area contributed by atoms with Gasteiger partial charge in [0.25, 0.3) is 0 Å². The van der Waals surface area contributed by atoms with E-state index in [1.807, 2.05) is 0 Å². The largest absolute Gasteiger partial charge is 0.390 e. The Morgan fingerprint density at radius 1 is 0.844 bits per heavy atom. The van der Waals surface area contributed by atoms with Gasteiger partial charge in [-0.3, -0.25) is 9.80 Å². The molecule has 3 aliphatic rings.